The van der Waals surface area contributed by atoms with Crippen molar-refractivity contribution in [1.82, 2.24) is 9.88 Å². The van der Waals surface area contributed by atoms with Gasteiger partial charge in [-0.2, -0.15) is 0 Å². The second kappa shape index (κ2) is 5.95. The first kappa shape index (κ1) is 12.3. The minimum Gasteiger partial charge on any atom is -0.377 e. The summed E-state index contributed by atoms with van der Waals surface area (Å²) in [5, 5.41) is 0. The molecule has 1 saturated heterocycles. The predicted octanol–water partition coefficient (Wildman–Crippen LogP) is 0.978. The molecule has 1 aromatic heterocycles. The van der Waals surface area contributed by atoms with Crippen LogP contribution in [0.1, 0.15) is 18.4 Å². The van der Waals surface area contributed by atoms with Crippen molar-refractivity contribution in [3.05, 3.63) is 23.9 Å². The molecule has 1 aromatic rings. The second-order valence-corrected chi connectivity index (χ2v) is 4.49. The van der Waals surface area contributed by atoms with E-state index in [1.165, 1.54) is 12.8 Å². The number of nitrogens with zero attached hydrogens (tertiary/aromatic N) is 2. The first-order chi connectivity index (χ1) is 8.29. The number of anilines is 1. The third-order valence-electron chi connectivity index (χ3n) is 3.01. The minimum atomic E-state index is 0.381. The Kier molecular flexibility index (Phi) is 4.30. The van der Waals surface area contributed by atoms with E-state index in [2.05, 4.69) is 22.4 Å². The fraction of sp³-hybridized carbons (Fsp3) is 0.583. The molecule has 17 heavy (non-hydrogen) atoms. The zero-order valence-corrected chi connectivity index (χ0v) is 10.2. The summed E-state index contributed by atoms with van der Waals surface area (Å²) < 4.78 is 5.62. The van der Waals surface area contributed by atoms with Crippen LogP contribution in [-0.4, -0.2) is 36.2 Å². The lowest BCUT2D eigenvalue weighted by molar-refractivity contribution is 0.0793. The number of likely N-dealkylation sites (N-methyl/N-ethyl adjacent to an activating group) is 1. The van der Waals surface area contributed by atoms with Crippen LogP contribution in [0.15, 0.2) is 18.3 Å². The molecule has 2 rings (SSSR count). The zero-order valence-electron chi connectivity index (χ0n) is 10.2. The van der Waals surface area contributed by atoms with E-state index in [1.54, 1.807) is 6.20 Å². The maximum atomic E-state index is 5.62. The number of pyridine rings is 1. The lowest BCUT2D eigenvalue weighted by atomic mass is 10.2. The second-order valence-electron chi connectivity index (χ2n) is 4.49. The molecule has 1 fully saturated rings. The fourth-order valence-corrected chi connectivity index (χ4v) is 2.19. The summed E-state index contributed by atoms with van der Waals surface area (Å²) in [6.07, 6.45) is 4.46. The zero-order chi connectivity index (χ0) is 12.1. The van der Waals surface area contributed by atoms with E-state index in [4.69, 9.17) is 10.6 Å². The van der Waals surface area contributed by atoms with Crippen LogP contribution in [0.3, 0.4) is 0 Å². The van der Waals surface area contributed by atoms with Gasteiger partial charge >= 0.3 is 0 Å². The molecule has 94 valence electrons. The molecule has 0 spiro atoms. The summed E-state index contributed by atoms with van der Waals surface area (Å²) in [5.74, 6) is 6.18. The molecule has 0 radical (unpaired) electrons. The van der Waals surface area contributed by atoms with E-state index in [-0.39, 0.29) is 0 Å². The standard InChI is InChI=1S/C12H20N4O/c1-16(9-11-5-3-7-17-11)8-10-4-2-6-14-12(10)15-13/h2,4,6,11H,3,5,7-9,13H2,1H3,(H,14,15). The van der Waals surface area contributed by atoms with Crippen molar-refractivity contribution >= 4 is 5.82 Å². The number of nitrogens with one attached hydrogen (secondary N) is 1. The van der Waals surface area contributed by atoms with Crippen LogP contribution in [0.5, 0.6) is 0 Å². The van der Waals surface area contributed by atoms with Crippen molar-refractivity contribution < 1.29 is 4.74 Å². The van der Waals surface area contributed by atoms with Gasteiger partial charge in [-0.05, 0) is 26.0 Å². The van der Waals surface area contributed by atoms with Gasteiger partial charge < -0.3 is 10.2 Å². The predicted molar refractivity (Wildman–Crippen MR) is 67.4 cm³/mol. The van der Waals surface area contributed by atoms with Crippen molar-refractivity contribution in [2.24, 2.45) is 5.84 Å². The summed E-state index contributed by atoms with van der Waals surface area (Å²) >= 11 is 0. The summed E-state index contributed by atoms with van der Waals surface area (Å²) in [4.78, 5) is 6.43. The normalized spacial score (nSPS) is 19.8. The molecule has 5 heteroatoms. The molecule has 0 aliphatic carbocycles. The number of hydrazine groups is 1. The molecule has 1 aliphatic rings. The topological polar surface area (TPSA) is 63.4 Å². The van der Waals surface area contributed by atoms with Gasteiger partial charge in [-0.25, -0.2) is 10.8 Å². The van der Waals surface area contributed by atoms with Crippen molar-refractivity contribution in [3.63, 3.8) is 0 Å². The monoisotopic (exact) mass is 236 g/mol. The van der Waals surface area contributed by atoms with Crippen molar-refractivity contribution in [1.29, 1.82) is 0 Å². The summed E-state index contributed by atoms with van der Waals surface area (Å²) in [6, 6.07) is 3.96. The minimum absolute atomic E-state index is 0.381. The first-order valence-corrected chi connectivity index (χ1v) is 6.00. The Morgan fingerprint density at radius 1 is 1.65 bits per heavy atom. The number of rotatable bonds is 5. The Morgan fingerprint density at radius 2 is 2.53 bits per heavy atom. The Balaban J connectivity index is 1.90. The summed E-state index contributed by atoms with van der Waals surface area (Å²) in [7, 11) is 2.09. The maximum Gasteiger partial charge on any atom is 0.144 e. The van der Waals surface area contributed by atoms with E-state index in [0.717, 1.165) is 31.1 Å². The number of ether oxygens (including phenoxy) is 1. The molecule has 1 unspecified atom stereocenters. The number of nitrogen functional groups attached to an aromatic ring is 1. The molecule has 0 aromatic carbocycles. The van der Waals surface area contributed by atoms with E-state index < -0.39 is 0 Å². The summed E-state index contributed by atoms with van der Waals surface area (Å²) in [5.41, 5.74) is 3.73. The smallest absolute Gasteiger partial charge is 0.144 e. The van der Waals surface area contributed by atoms with Crippen LogP contribution in [0.4, 0.5) is 5.82 Å². The molecule has 0 bridgehead atoms. The Labute approximate surface area is 102 Å². The Hall–Kier alpha value is -1.17. The van der Waals surface area contributed by atoms with Gasteiger partial charge in [0.1, 0.15) is 5.82 Å². The first-order valence-electron chi connectivity index (χ1n) is 6.00. The Morgan fingerprint density at radius 3 is 3.24 bits per heavy atom. The van der Waals surface area contributed by atoms with E-state index >= 15 is 0 Å². The van der Waals surface area contributed by atoms with Gasteiger partial charge in [-0.15, -0.1) is 0 Å². The van der Waals surface area contributed by atoms with Crippen LogP contribution in [-0.2, 0) is 11.3 Å². The van der Waals surface area contributed by atoms with Gasteiger partial charge in [-0.1, -0.05) is 6.07 Å². The van der Waals surface area contributed by atoms with Crippen LogP contribution >= 0.6 is 0 Å². The number of hydrogen-bond donors (Lipinski definition) is 2. The molecule has 1 atom stereocenters. The van der Waals surface area contributed by atoms with Crippen molar-refractivity contribution in [2.45, 2.75) is 25.5 Å². The highest BCUT2D eigenvalue weighted by Gasteiger charge is 2.17. The highest BCUT2D eigenvalue weighted by molar-refractivity contribution is 5.42. The Bertz CT molecular complexity index is 352. The van der Waals surface area contributed by atoms with E-state index in [9.17, 15) is 0 Å². The highest BCUT2D eigenvalue weighted by atomic mass is 16.5. The third-order valence-corrected chi connectivity index (χ3v) is 3.01. The van der Waals surface area contributed by atoms with Crippen LogP contribution in [0.2, 0.25) is 0 Å². The average molecular weight is 236 g/mol. The highest BCUT2D eigenvalue weighted by Crippen LogP contribution is 2.16. The number of aromatic nitrogens is 1. The van der Waals surface area contributed by atoms with E-state index in [1.807, 2.05) is 12.1 Å². The van der Waals surface area contributed by atoms with Gasteiger partial charge in [0.05, 0.1) is 6.10 Å². The number of hydrogen-bond acceptors (Lipinski definition) is 5. The number of nitrogens with two attached hydrogens (primary N) is 1. The quantitative estimate of drug-likeness (QED) is 0.589. The van der Waals surface area contributed by atoms with E-state index in [0.29, 0.717) is 6.10 Å². The van der Waals surface area contributed by atoms with Gasteiger partial charge in [0, 0.05) is 31.5 Å². The molecular formula is C12H20N4O. The van der Waals surface area contributed by atoms with Gasteiger partial charge in [-0.3, -0.25) is 4.90 Å². The lowest BCUT2D eigenvalue weighted by Crippen LogP contribution is -2.29. The van der Waals surface area contributed by atoms with Crippen LogP contribution in [0, 0.1) is 0 Å². The van der Waals surface area contributed by atoms with Crippen molar-refractivity contribution in [2.75, 3.05) is 25.6 Å². The molecule has 0 saturated carbocycles. The van der Waals surface area contributed by atoms with Crippen molar-refractivity contribution in [3.8, 4) is 0 Å². The van der Waals surface area contributed by atoms with Gasteiger partial charge in [0.2, 0.25) is 0 Å². The lowest BCUT2D eigenvalue weighted by Gasteiger charge is -2.21. The fourth-order valence-electron chi connectivity index (χ4n) is 2.19. The van der Waals surface area contributed by atoms with Gasteiger partial charge in [0.15, 0.2) is 0 Å². The third kappa shape index (κ3) is 3.39. The van der Waals surface area contributed by atoms with Gasteiger partial charge in [0.25, 0.3) is 0 Å². The molecule has 0 amide bonds. The molecule has 2 heterocycles. The summed E-state index contributed by atoms with van der Waals surface area (Å²) in [6.45, 7) is 2.69. The molecule has 3 N–H and O–H groups in total. The van der Waals surface area contributed by atoms with Crippen LogP contribution < -0.4 is 11.3 Å². The average Bonchev–Trinajstić information content (AvgIpc) is 2.82. The largest absolute Gasteiger partial charge is 0.377 e. The SMILES string of the molecule is CN(Cc1cccnc1NN)CC1CCCO1. The molecule has 1 aliphatic heterocycles. The maximum absolute atomic E-state index is 5.62. The van der Waals surface area contributed by atoms with Crippen LogP contribution in [0.25, 0.3) is 0 Å². The molecule has 5 nitrogen and oxygen atoms in total. The molecular weight excluding hydrogens is 216 g/mol.